The van der Waals surface area contributed by atoms with Crippen LogP contribution in [0.4, 0.5) is 0 Å². The first-order chi connectivity index (χ1) is 6.60. The maximum atomic E-state index is 5.88. The molecule has 1 aromatic rings. The summed E-state index contributed by atoms with van der Waals surface area (Å²) in [6.07, 6.45) is 1.19. The average Bonchev–Trinajstić information content (AvgIpc) is 2.76. The minimum absolute atomic E-state index is 0.155. The molecule has 1 aliphatic carbocycles. The zero-order valence-electron chi connectivity index (χ0n) is 9.21. The van der Waals surface area contributed by atoms with Crippen LogP contribution in [0.25, 0.3) is 0 Å². The Hall–Kier alpha value is -0.760. The fourth-order valence-corrected chi connectivity index (χ4v) is 2.53. The molecule has 2 unspecified atom stereocenters. The van der Waals surface area contributed by atoms with E-state index in [0.29, 0.717) is 18.4 Å². The molecule has 1 aliphatic rings. The van der Waals surface area contributed by atoms with Gasteiger partial charge in [-0.25, -0.2) is 0 Å². The van der Waals surface area contributed by atoms with Gasteiger partial charge in [-0.1, -0.05) is 13.8 Å². The van der Waals surface area contributed by atoms with E-state index in [1.165, 1.54) is 6.42 Å². The van der Waals surface area contributed by atoms with Crippen LogP contribution in [0, 0.1) is 18.8 Å². The first kappa shape index (κ1) is 9.78. The molecule has 0 saturated heterocycles. The van der Waals surface area contributed by atoms with Crippen LogP contribution in [0.1, 0.15) is 31.8 Å². The number of hydrogen-bond donors (Lipinski definition) is 1. The zero-order valence-corrected chi connectivity index (χ0v) is 9.21. The monoisotopic (exact) mass is 193 g/mol. The van der Waals surface area contributed by atoms with Gasteiger partial charge in [0.2, 0.25) is 0 Å². The topological polar surface area (TPSA) is 39.2 Å². The molecule has 2 nitrogen and oxygen atoms in total. The molecule has 0 aromatic carbocycles. The Bertz CT molecular complexity index is 329. The number of rotatable bonds is 3. The van der Waals surface area contributed by atoms with Crippen LogP contribution in [-0.4, -0.2) is 6.54 Å². The second kappa shape index (κ2) is 3.13. The smallest absolute Gasteiger partial charge is 0.111 e. The maximum absolute atomic E-state index is 5.88. The molecular weight excluding hydrogens is 174 g/mol. The predicted octanol–water partition coefficient (Wildman–Crippen LogP) is 2.46. The standard InChI is InChI=1S/C12H19NO/c1-8(2)10-6-12(10,7-13)11-5-4-9(3)14-11/h4-5,8,10H,6-7,13H2,1-3H3. The van der Waals surface area contributed by atoms with Gasteiger partial charge in [0.15, 0.2) is 0 Å². The molecule has 2 N–H and O–H groups in total. The third-order valence-corrected chi connectivity index (χ3v) is 3.53. The van der Waals surface area contributed by atoms with E-state index in [9.17, 15) is 0 Å². The Labute approximate surface area is 85.5 Å². The van der Waals surface area contributed by atoms with Crippen molar-refractivity contribution >= 4 is 0 Å². The van der Waals surface area contributed by atoms with Crippen LogP contribution in [0.15, 0.2) is 16.5 Å². The molecule has 1 heterocycles. The van der Waals surface area contributed by atoms with E-state index >= 15 is 0 Å². The lowest BCUT2D eigenvalue weighted by molar-refractivity contribution is 0.391. The summed E-state index contributed by atoms with van der Waals surface area (Å²) in [5, 5.41) is 0. The maximum Gasteiger partial charge on any atom is 0.111 e. The van der Waals surface area contributed by atoms with E-state index < -0.39 is 0 Å². The summed E-state index contributed by atoms with van der Waals surface area (Å²) in [6, 6.07) is 4.12. The van der Waals surface area contributed by atoms with E-state index in [0.717, 1.165) is 11.5 Å². The van der Waals surface area contributed by atoms with Crippen LogP contribution in [0.2, 0.25) is 0 Å². The second-order valence-electron chi connectivity index (χ2n) is 4.83. The van der Waals surface area contributed by atoms with Gasteiger partial charge in [0.05, 0.1) is 0 Å². The van der Waals surface area contributed by atoms with Crippen LogP contribution in [0.3, 0.4) is 0 Å². The summed E-state index contributed by atoms with van der Waals surface area (Å²) < 4.78 is 5.70. The summed E-state index contributed by atoms with van der Waals surface area (Å²) in [7, 11) is 0. The molecule has 0 spiro atoms. The molecule has 2 heteroatoms. The summed E-state index contributed by atoms with van der Waals surface area (Å²) >= 11 is 0. The number of aryl methyl sites for hydroxylation is 1. The average molecular weight is 193 g/mol. The zero-order chi connectivity index (χ0) is 10.3. The van der Waals surface area contributed by atoms with E-state index in [1.54, 1.807) is 0 Å². The molecule has 1 aromatic heterocycles. The Morgan fingerprint density at radius 1 is 1.57 bits per heavy atom. The summed E-state index contributed by atoms with van der Waals surface area (Å²) in [4.78, 5) is 0. The normalized spacial score (nSPS) is 31.1. The molecule has 2 rings (SSSR count). The lowest BCUT2D eigenvalue weighted by Gasteiger charge is -2.13. The summed E-state index contributed by atoms with van der Waals surface area (Å²) in [5.41, 5.74) is 6.03. The fourth-order valence-electron chi connectivity index (χ4n) is 2.53. The van der Waals surface area contributed by atoms with Crippen molar-refractivity contribution in [1.29, 1.82) is 0 Å². The van der Waals surface area contributed by atoms with Crippen LogP contribution >= 0.6 is 0 Å². The molecule has 0 amide bonds. The largest absolute Gasteiger partial charge is 0.466 e. The van der Waals surface area contributed by atoms with E-state index in [1.807, 2.05) is 13.0 Å². The number of nitrogens with two attached hydrogens (primary N) is 1. The van der Waals surface area contributed by atoms with Gasteiger partial charge in [-0.2, -0.15) is 0 Å². The Morgan fingerprint density at radius 2 is 2.29 bits per heavy atom. The molecular formula is C12H19NO. The Balaban J connectivity index is 2.24. The van der Waals surface area contributed by atoms with Gasteiger partial charge in [0.25, 0.3) is 0 Å². The second-order valence-corrected chi connectivity index (χ2v) is 4.83. The molecule has 2 atom stereocenters. The first-order valence-corrected chi connectivity index (χ1v) is 5.37. The number of furan rings is 1. The number of hydrogen-bond acceptors (Lipinski definition) is 2. The van der Waals surface area contributed by atoms with Gasteiger partial charge in [-0.15, -0.1) is 0 Å². The molecule has 0 bridgehead atoms. The van der Waals surface area contributed by atoms with Crippen molar-refractivity contribution in [2.75, 3.05) is 6.54 Å². The van der Waals surface area contributed by atoms with E-state index in [4.69, 9.17) is 10.2 Å². The van der Waals surface area contributed by atoms with Crippen molar-refractivity contribution in [1.82, 2.24) is 0 Å². The minimum atomic E-state index is 0.155. The van der Waals surface area contributed by atoms with Gasteiger partial charge in [0.1, 0.15) is 11.5 Å². The first-order valence-electron chi connectivity index (χ1n) is 5.37. The highest BCUT2D eigenvalue weighted by Gasteiger charge is 2.57. The molecule has 0 radical (unpaired) electrons. The van der Waals surface area contributed by atoms with Gasteiger partial charge < -0.3 is 10.2 Å². The lowest BCUT2D eigenvalue weighted by Crippen LogP contribution is -2.23. The third-order valence-electron chi connectivity index (χ3n) is 3.53. The highest BCUT2D eigenvalue weighted by atomic mass is 16.3. The molecule has 0 aliphatic heterocycles. The van der Waals surface area contributed by atoms with E-state index in [2.05, 4.69) is 19.9 Å². The quantitative estimate of drug-likeness (QED) is 0.801. The van der Waals surface area contributed by atoms with E-state index in [-0.39, 0.29) is 5.41 Å². The lowest BCUT2D eigenvalue weighted by atomic mass is 9.95. The van der Waals surface area contributed by atoms with Crippen molar-refractivity contribution in [3.63, 3.8) is 0 Å². The SMILES string of the molecule is Cc1ccc(C2(CN)CC2C(C)C)o1. The van der Waals surface area contributed by atoms with Gasteiger partial charge in [0, 0.05) is 12.0 Å². The third kappa shape index (κ3) is 1.29. The van der Waals surface area contributed by atoms with Crippen LogP contribution < -0.4 is 5.73 Å². The Morgan fingerprint density at radius 3 is 2.64 bits per heavy atom. The molecule has 1 saturated carbocycles. The van der Waals surface area contributed by atoms with Crippen molar-refractivity contribution < 1.29 is 4.42 Å². The Kier molecular flexibility index (Phi) is 2.18. The van der Waals surface area contributed by atoms with Crippen molar-refractivity contribution in [3.8, 4) is 0 Å². The fraction of sp³-hybridized carbons (Fsp3) is 0.667. The highest BCUT2D eigenvalue weighted by molar-refractivity contribution is 5.28. The summed E-state index contributed by atoms with van der Waals surface area (Å²) in [6.45, 7) is 7.22. The van der Waals surface area contributed by atoms with Crippen molar-refractivity contribution in [2.24, 2.45) is 17.6 Å². The van der Waals surface area contributed by atoms with Crippen molar-refractivity contribution in [2.45, 2.75) is 32.6 Å². The van der Waals surface area contributed by atoms with Crippen LogP contribution in [-0.2, 0) is 5.41 Å². The van der Waals surface area contributed by atoms with Gasteiger partial charge in [-0.3, -0.25) is 0 Å². The van der Waals surface area contributed by atoms with Crippen LogP contribution in [0.5, 0.6) is 0 Å². The molecule has 78 valence electrons. The molecule has 14 heavy (non-hydrogen) atoms. The highest BCUT2D eigenvalue weighted by Crippen LogP contribution is 2.57. The van der Waals surface area contributed by atoms with Gasteiger partial charge >= 0.3 is 0 Å². The van der Waals surface area contributed by atoms with Gasteiger partial charge in [-0.05, 0) is 37.3 Å². The summed E-state index contributed by atoms with van der Waals surface area (Å²) in [5.74, 6) is 3.49. The van der Waals surface area contributed by atoms with Crippen molar-refractivity contribution in [3.05, 3.63) is 23.7 Å². The minimum Gasteiger partial charge on any atom is -0.466 e. The molecule has 1 fully saturated rings. The predicted molar refractivity (Wildman–Crippen MR) is 57.1 cm³/mol.